The summed E-state index contributed by atoms with van der Waals surface area (Å²) in [6.45, 7) is 7.56. The highest BCUT2D eigenvalue weighted by molar-refractivity contribution is 7.80. The van der Waals surface area contributed by atoms with Crippen LogP contribution in [0.3, 0.4) is 0 Å². The Morgan fingerprint density at radius 3 is 2.40 bits per heavy atom. The number of hydrogen-bond acceptors (Lipinski definition) is 7. The number of methoxy groups -OCH3 is 2. The Hall–Kier alpha value is -3.13. The first-order valence-electron chi connectivity index (χ1n) is 15.2. The predicted octanol–water partition coefficient (Wildman–Crippen LogP) is 4.20. The second kappa shape index (κ2) is 15.9. The number of aliphatic carboxylic acids is 1. The number of carboxylic acid groups (broad SMARTS) is 1. The Balaban J connectivity index is 0.000000591. The van der Waals surface area contributed by atoms with Crippen molar-refractivity contribution in [1.82, 2.24) is 20.4 Å². The number of morpholine rings is 1. The van der Waals surface area contributed by atoms with Gasteiger partial charge in [-0.05, 0) is 67.7 Å². The third kappa shape index (κ3) is 9.21. The number of nitrogens with zero attached hydrogens (tertiary/aromatic N) is 2. The highest BCUT2D eigenvalue weighted by Crippen LogP contribution is 2.50. The van der Waals surface area contributed by atoms with E-state index in [1.165, 1.54) is 11.1 Å². The predicted molar refractivity (Wildman–Crippen MR) is 169 cm³/mol. The van der Waals surface area contributed by atoms with Crippen LogP contribution in [0.2, 0.25) is 0 Å². The number of likely N-dealkylation sites (tertiary alicyclic amines) is 1. The zero-order valence-corrected chi connectivity index (χ0v) is 26.6. The maximum Gasteiger partial charge on any atom is 0.490 e. The van der Waals surface area contributed by atoms with E-state index in [1.807, 2.05) is 0 Å². The van der Waals surface area contributed by atoms with Crippen LogP contribution in [0.25, 0.3) is 0 Å². The molecule has 45 heavy (non-hydrogen) atoms. The lowest BCUT2D eigenvalue weighted by Gasteiger charge is -2.46. The van der Waals surface area contributed by atoms with E-state index in [9.17, 15) is 13.2 Å². The van der Waals surface area contributed by atoms with Crippen LogP contribution in [0.1, 0.15) is 36.8 Å². The molecule has 0 aromatic heterocycles. The van der Waals surface area contributed by atoms with Gasteiger partial charge in [0, 0.05) is 50.2 Å². The molecule has 2 saturated heterocycles. The van der Waals surface area contributed by atoms with E-state index in [1.54, 1.807) is 14.2 Å². The normalized spacial score (nSPS) is 23.7. The molecule has 2 aromatic carbocycles. The SMILES string of the molecule is COc1ccc([C@@]23CC[C@@H](NC(=S)NCCN4CCOCC4)C[C@@H]2N(Cc2ccccc2)CC3)cc1OC.O=C(O)C(F)(F)F. The molecule has 248 valence electrons. The van der Waals surface area contributed by atoms with Crippen molar-refractivity contribution in [2.45, 2.75) is 55.9 Å². The van der Waals surface area contributed by atoms with E-state index in [4.69, 9.17) is 36.3 Å². The van der Waals surface area contributed by atoms with Gasteiger partial charge in [0.1, 0.15) is 0 Å². The molecular weight excluding hydrogens is 609 g/mol. The van der Waals surface area contributed by atoms with E-state index in [0.29, 0.717) is 12.1 Å². The Labute approximate surface area is 268 Å². The molecule has 1 saturated carbocycles. The molecule has 0 spiro atoms. The zero-order valence-electron chi connectivity index (χ0n) is 25.8. The highest BCUT2D eigenvalue weighted by Gasteiger charge is 2.51. The summed E-state index contributed by atoms with van der Waals surface area (Å²) in [5.74, 6) is -1.16. The molecule has 3 N–H and O–H groups in total. The summed E-state index contributed by atoms with van der Waals surface area (Å²) in [5, 5.41) is 15.0. The number of benzene rings is 2. The third-order valence-electron chi connectivity index (χ3n) is 8.95. The van der Waals surface area contributed by atoms with Crippen molar-refractivity contribution in [3.63, 3.8) is 0 Å². The zero-order chi connectivity index (χ0) is 32.5. The van der Waals surface area contributed by atoms with Crippen LogP contribution in [-0.2, 0) is 21.5 Å². The maximum absolute atomic E-state index is 10.6. The molecular formula is C32H43F3N4O5S. The fourth-order valence-corrected chi connectivity index (χ4v) is 6.92. The number of hydrogen-bond donors (Lipinski definition) is 3. The summed E-state index contributed by atoms with van der Waals surface area (Å²) in [6, 6.07) is 18.2. The van der Waals surface area contributed by atoms with Crippen molar-refractivity contribution >= 4 is 23.3 Å². The lowest BCUT2D eigenvalue weighted by molar-refractivity contribution is -0.192. The largest absolute Gasteiger partial charge is 0.493 e. The molecule has 0 unspecified atom stereocenters. The van der Waals surface area contributed by atoms with Gasteiger partial charge in [0.25, 0.3) is 0 Å². The number of thiocarbonyl (C=S) groups is 1. The minimum Gasteiger partial charge on any atom is -0.493 e. The van der Waals surface area contributed by atoms with Crippen molar-refractivity contribution < 1.29 is 37.3 Å². The second-order valence-electron chi connectivity index (χ2n) is 11.6. The van der Waals surface area contributed by atoms with Gasteiger partial charge in [-0.15, -0.1) is 0 Å². The van der Waals surface area contributed by atoms with E-state index >= 15 is 0 Å². The van der Waals surface area contributed by atoms with Gasteiger partial charge >= 0.3 is 12.1 Å². The smallest absolute Gasteiger partial charge is 0.490 e. The summed E-state index contributed by atoms with van der Waals surface area (Å²) in [7, 11) is 3.42. The fourth-order valence-electron chi connectivity index (χ4n) is 6.65. The van der Waals surface area contributed by atoms with Crippen LogP contribution in [0, 0.1) is 0 Å². The third-order valence-corrected chi connectivity index (χ3v) is 9.21. The minimum absolute atomic E-state index is 0.0951. The average molecular weight is 653 g/mol. The average Bonchev–Trinajstić information content (AvgIpc) is 3.40. The molecule has 9 nitrogen and oxygen atoms in total. The number of nitrogens with one attached hydrogen (secondary N) is 2. The monoisotopic (exact) mass is 652 g/mol. The molecule has 0 radical (unpaired) electrons. The number of carboxylic acids is 1. The quantitative estimate of drug-likeness (QED) is 0.343. The maximum atomic E-state index is 10.6. The Bertz CT molecular complexity index is 1270. The number of alkyl halides is 3. The molecule has 5 rings (SSSR count). The van der Waals surface area contributed by atoms with Crippen molar-refractivity contribution in [1.29, 1.82) is 0 Å². The molecule has 3 aliphatic rings. The molecule has 13 heteroatoms. The molecule has 0 bridgehead atoms. The van der Waals surface area contributed by atoms with E-state index < -0.39 is 12.1 Å². The van der Waals surface area contributed by atoms with Crippen LogP contribution in [0.5, 0.6) is 11.5 Å². The lowest BCUT2D eigenvalue weighted by Crippen LogP contribution is -2.54. The van der Waals surface area contributed by atoms with Gasteiger partial charge in [0.15, 0.2) is 16.6 Å². The van der Waals surface area contributed by atoms with Crippen LogP contribution in [0.4, 0.5) is 13.2 Å². The molecule has 0 amide bonds. The van der Waals surface area contributed by atoms with Crippen LogP contribution in [0.15, 0.2) is 48.5 Å². The van der Waals surface area contributed by atoms with E-state index in [0.717, 1.165) is 94.8 Å². The van der Waals surface area contributed by atoms with Gasteiger partial charge in [-0.1, -0.05) is 36.4 Å². The Morgan fingerprint density at radius 2 is 1.76 bits per heavy atom. The Morgan fingerprint density at radius 1 is 1.07 bits per heavy atom. The summed E-state index contributed by atoms with van der Waals surface area (Å²) < 4.78 is 48.4. The number of fused-ring (bicyclic) bond motifs is 1. The molecule has 1 aliphatic carbocycles. The van der Waals surface area contributed by atoms with E-state index in [-0.39, 0.29) is 5.41 Å². The minimum atomic E-state index is -5.08. The summed E-state index contributed by atoms with van der Waals surface area (Å²) >= 11 is 5.73. The van der Waals surface area contributed by atoms with Gasteiger partial charge in [-0.2, -0.15) is 13.2 Å². The van der Waals surface area contributed by atoms with Gasteiger partial charge in [-0.3, -0.25) is 9.80 Å². The highest BCUT2D eigenvalue weighted by atomic mass is 32.1. The van der Waals surface area contributed by atoms with E-state index in [2.05, 4.69) is 69.0 Å². The standard InChI is InChI=1S/C30H42N4O3S.C2HF3O2/c1-35-26-9-8-24(20-27(26)36-2)30-11-10-25(32-29(38)31-13-15-33-16-18-37-19-17-33)21-28(30)34(14-12-30)22-23-6-4-3-5-7-23;3-2(4,5)1(6)7/h3-9,20,25,28H,10-19,21-22H2,1-2H3,(H2,31,32,38);(H,6,7)/t25-,28+,30+;/m1./s1. The molecule has 2 aromatic rings. The number of rotatable bonds is 9. The van der Waals surface area contributed by atoms with Crippen molar-refractivity contribution in [3.8, 4) is 11.5 Å². The van der Waals surface area contributed by atoms with Gasteiger partial charge in [0.2, 0.25) is 0 Å². The lowest BCUT2D eigenvalue weighted by atomic mass is 9.65. The molecule has 2 heterocycles. The first-order chi connectivity index (χ1) is 21.6. The van der Waals surface area contributed by atoms with Gasteiger partial charge < -0.3 is 30.0 Å². The van der Waals surface area contributed by atoms with Crippen LogP contribution < -0.4 is 20.1 Å². The van der Waals surface area contributed by atoms with Crippen molar-refractivity contribution in [3.05, 3.63) is 59.7 Å². The first kappa shape index (κ1) is 34.7. The fraction of sp³-hybridized carbons (Fsp3) is 0.562. The topological polar surface area (TPSA) is 95.5 Å². The summed E-state index contributed by atoms with van der Waals surface area (Å²) in [5.41, 5.74) is 2.82. The van der Waals surface area contributed by atoms with Crippen LogP contribution >= 0.6 is 12.2 Å². The Kier molecular flexibility index (Phi) is 12.3. The van der Waals surface area contributed by atoms with Gasteiger partial charge in [0.05, 0.1) is 27.4 Å². The van der Waals surface area contributed by atoms with Crippen LogP contribution in [-0.4, -0.2) is 104 Å². The van der Waals surface area contributed by atoms with Crippen molar-refractivity contribution in [2.75, 3.05) is 60.2 Å². The first-order valence-corrected chi connectivity index (χ1v) is 15.6. The molecule has 3 atom stereocenters. The summed E-state index contributed by atoms with van der Waals surface area (Å²) in [4.78, 5) is 14.0. The number of ether oxygens (including phenoxy) is 3. The number of halogens is 3. The van der Waals surface area contributed by atoms with Crippen molar-refractivity contribution in [2.24, 2.45) is 0 Å². The molecule has 3 fully saturated rings. The summed E-state index contributed by atoms with van der Waals surface area (Å²) in [6.07, 6.45) is -0.663. The molecule has 2 aliphatic heterocycles. The van der Waals surface area contributed by atoms with Gasteiger partial charge in [-0.25, -0.2) is 4.79 Å². The second-order valence-corrected chi connectivity index (χ2v) is 12.0. The number of carbonyl (C=O) groups is 1.